The Morgan fingerprint density at radius 2 is 2.46 bits per heavy atom. The Morgan fingerprint density at radius 1 is 1.69 bits per heavy atom. The van der Waals surface area contributed by atoms with Crippen molar-refractivity contribution in [2.24, 2.45) is 5.73 Å². The highest BCUT2D eigenvalue weighted by molar-refractivity contribution is 7.99. The van der Waals surface area contributed by atoms with Gasteiger partial charge in [-0.3, -0.25) is 4.90 Å². The quantitative estimate of drug-likeness (QED) is 0.719. The topological polar surface area (TPSA) is 38.5 Å². The Balaban J connectivity index is 2.25. The number of nitrogens with zero attached hydrogens (tertiary/aromatic N) is 1. The second-order valence-corrected chi connectivity index (χ2v) is 4.78. The van der Waals surface area contributed by atoms with Crippen LogP contribution in [0.4, 0.5) is 0 Å². The molecule has 13 heavy (non-hydrogen) atoms. The first-order valence-corrected chi connectivity index (χ1v) is 5.96. The lowest BCUT2D eigenvalue weighted by atomic mass is 10.2. The number of hydrogen-bond donors (Lipinski definition) is 1. The molecule has 1 heterocycles. The lowest BCUT2D eigenvalue weighted by Gasteiger charge is -2.34. The van der Waals surface area contributed by atoms with E-state index >= 15 is 0 Å². The fourth-order valence-corrected chi connectivity index (χ4v) is 2.68. The van der Waals surface area contributed by atoms with Crippen LogP contribution >= 0.6 is 11.8 Å². The van der Waals surface area contributed by atoms with Crippen LogP contribution in [-0.4, -0.2) is 55.3 Å². The van der Waals surface area contributed by atoms with E-state index < -0.39 is 0 Å². The predicted molar refractivity (Wildman–Crippen MR) is 58.2 cm³/mol. The molecule has 3 nitrogen and oxygen atoms in total. The van der Waals surface area contributed by atoms with Gasteiger partial charge in [-0.25, -0.2) is 0 Å². The van der Waals surface area contributed by atoms with Crippen molar-refractivity contribution in [2.75, 3.05) is 38.3 Å². The lowest BCUT2D eigenvalue weighted by Crippen LogP contribution is -2.48. The summed E-state index contributed by atoms with van der Waals surface area (Å²) in [4.78, 5) is 2.46. The molecule has 1 rings (SSSR count). The fourth-order valence-electron chi connectivity index (χ4n) is 1.60. The summed E-state index contributed by atoms with van der Waals surface area (Å²) in [5.41, 5.74) is 5.90. The zero-order valence-corrected chi connectivity index (χ0v) is 9.35. The third-order valence-electron chi connectivity index (χ3n) is 2.35. The molecule has 0 radical (unpaired) electrons. The molecule has 2 atom stereocenters. The van der Waals surface area contributed by atoms with E-state index in [9.17, 15) is 0 Å². The Bertz CT molecular complexity index is 146. The molecule has 2 N–H and O–H groups in total. The Kier molecular flexibility index (Phi) is 5.09. The van der Waals surface area contributed by atoms with E-state index in [-0.39, 0.29) is 6.04 Å². The van der Waals surface area contributed by atoms with Gasteiger partial charge in [0, 0.05) is 43.8 Å². The molecule has 0 aromatic heterocycles. The third-order valence-corrected chi connectivity index (χ3v) is 3.54. The Labute approximate surface area is 85.0 Å². The first kappa shape index (κ1) is 11.3. The minimum Gasteiger partial charge on any atom is -0.383 e. The van der Waals surface area contributed by atoms with Crippen molar-refractivity contribution in [3.05, 3.63) is 0 Å². The summed E-state index contributed by atoms with van der Waals surface area (Å²) < 4.78 is 5.02. The summed E-state index contributed by atoms with van der Waals surface area (Å²) in [6.45, 7) is 5.07. The normalized spacial score (nSPS) is 27.5. The number of rotatable bonds is 4. The van der Waals surface area contributed by atoms with Gasteiger partial charge in [-0.05, 0) is 6.92 Å². The highest BCUT2D eigenvalue weighted by Gasteiger charge is 2.20. The SMILES string of the molecule is COCC(N)CN1CCSCC1C. The zero-order chi connectivity index (χ0) is 9.68. The molecule has 0 aliphatic carbocycles. The van der Waals surface area contributed by atoms with Crippen molar-refractivity contribution in [1.82, 2.24) is 4.90 Å². The summed E-state index contributed by atoms with van der Waals surface area (Å²) in [6, 6.07) is 0.831. The molecule has 1 aliphatic heterocycles. The number of hydrogen-bond acceptors (Lipinski definition) is 4. The molecule has 78 valence electrons. The standard InChI is InChI=1S/C9H20N2OS/c1-8-7-13-4-3-11(8)5-9(10)6-12-2/h8-9H,3-7,10H2,1-2H3. The van der Waals surface area contributed by atoms with E-state index in [1.54, 1.807) is 7.11 Å². The van der Waals surface area contributed by atoms with Crippen LogP contribution in [0.2, 0.25) is 0 Å². The Morgan fingerprint density at radius 3 is 3.08 bits per heavy atom. The van der Waals surface area contributed by atoms with Crippen molar-refractivity contribution in [1.29, 1.82) is 0 Å². The molecule has 2 unspecified atom stereocenters. The second-order valence-electron chi connectivity index (χ2n) is 3.63. The number of nitrogens with two attached hydrogens (primary N) is 1. The molecule has 0 saturated carbocycles. The van der Waals surface area contributed by atoms with Gasteiger partial charge in [0.2, 0.25) is 0 Å². The maximum absolute atomic E-state index is 5.90. The van der Waals surface area contributed by atoms with Crippen molar-refractivity contribution in [2.45, 2.75) is 19.0 Å². The Hall–Kier alpha value is 0.230. The van der Waals surface area contributed by atoms with Crippen LogP contribution in [0.1, 0.15) is 6.92 Å². The van der Waals surface area contributed by atoms with Crippen molar-refractivity contribution in [3.63, 3.8) is 0 Å². The molecule has 4 heteroatoms. The largest absolute Gasteiger partial charge is 0.383 e. The maximum atomic E-state index is 5.90. The summed E-state index contributed by atoms with van der Waals surface area (Å²) in [5, 5.41) is 0. The highest BCUT2D eigenvalue weighted by Crippen LogP contribution is 2.15. The molecule has 0 spiro atoms. The van der Waals surface area contributed by atoms with Gasteiger partial charge in [0.25, 0.3) is 0 Å². The fraction of sp³-hybridized carbons (Fsp3) is 1.00. The third kappa shape index (κ3) is 3.85. The molecule has 0 amide bonds. The van der Waals surface area contributed by atoms with Crippen LogP contribution in [0, 0.1) is 0 Å². The number of ether oxygens (including phenoxy) is 1. The van der Waals surface area contributed by atoms with Crippen LogP contribution in [0.25, 0.3) is 0 Å². The van der Waals surface area contributed by atoms with Crippen LogP contribution < -0.4 is 5.73 Å². The number of thioether (sulfide) groups is 1. The first-order chi connectivity index (χ1) is 6.24. The van der Waals surface area contributed by atoms with Crippen molar-refractivity contribution in [3.8, 4) is 0 Å². The van der Waals surface area contributed by atoms with E-state index in [1.807, 2.05) is 11.8 Å². The summed E-state index contributed by atoms with van der Waals surface area (Å²) >= 11 is 2.03. The number of methoxy groups -OCH3 is 1. The van der Waals surface area contributed by atoms with E-state index in [0.29, 0.717) is 12.6 Å². The predicted octanol–water partition coefficient (Wildman–Crippen LogP) is 0.397. The molecular weight excluding hydrogens is 184 g/mol. The average molecular weight is 204 g/mol. The first-order valence-electron chi connectivity index (χ1n) is 4.80. The van der Waals surface area contributed by atoms with Gasteiger partial charge in [-0.2, -0.15) is 11.8 Å². The van der Waals surface area contributed by atoms with Gasteiger partial charge < -0.3 is 10.5 Å². The van der Waals surface area contributed by atoms with Crippen molar-refractivity contribution < 1.29 is 4.74 Å². The summed E-state index contributed by atoms with van der Waals surface area (Å²) in [6.07, 6.45) is 0. The van der Waals surface area contributed by atoms with Gasteiger partial charge in [0.15, 0.2) is 0 Å². The van der Waals surface area contributed by atoms with Gasteiger partial charge in [-0.1, -0.05) is 0 Å². The van der Waals surface area contributed by atoms with E-state index in [0.717, 1.165) is 6.54 Å². The monoisotopic (exact) mass is 204 g/mol. The van der Waals surface area contributed by atoms with Gasteiger partial charge >= 0.3 is 0 Å². The molecule has 1 aliphatic rings. The molecule has 1 fully saturated rings. The zero-order valence-electron chi connectivity index (χ0n) is 8.53. The van der Waals surface area contributed by atoms with E-state index in [1.165, 1.54) is 18.1 Å². The van der Waals surface area contributed by atoms with Crippen LogP contribution in [-0.2, 0) is 4.74 Å². The van der Waals surface area contributed by atoms with Gasteiger partial charge in [0.05, 0.1) is 6.61 Å². The lowest BCUT2D eigenvalue weighted by molar-refractivity contribution is 0.143. The molecule has 1 saturated heterocycles. The highest BCUT2D eigenvalue weighted by atomic mass is 32.2. The molecule has 0 aromatic carbocycles. The van der Waals surface area contributed by atoms with Gasteiger partial charge in [0.1, 0.15) is 0 Å². The van der Waals surface area contributed by atoms with E-state index in [2.05, 4.69) is 11.8 Å². The summed E-state index contributed by atoms with van der Waals surface area (Å²) in [7, 11) is 1.70. The van der Waals surface area contributed by atoms with Crippen LogP contribution in [0.5, 0.6) is 0 Å². The van der Waals surface area contributed by atoms with E-state index in [4.69, 9.17) is 10.5 Å². The maximum Gasteiger partial charge on any atom is 0.0626 e. The smallest absolute Gasteiger partial charge is 0.0626 e. The van der Waals surface area contributed by atoms with Crippen molar-refractivity contribution >= 4 is 11.8 Å². The van der Waals surface area contributed by atoms with Crippen LogP contribution in [0.3, 0.4) is 0 Å². The second kappa shape index (κ2) is 5.86. The average Bonchev–Trinajstić information content (AvgIpc) is 2.09. The van der Waals surface area contributed by atoms with Gasteiger partial charge in [-0.15, -0.1) is 0 Å². The molecule has 0 aromatic rings. The summed E-state index contributed by atoms with van der Waals surface area (Å²) in [5.74, 6) is 2.48. The molecule has 0 bridgehead atoms. The molecular formula is C9H20N2OS. The van der Waals surface area contributed by atoms with Crippen LogP contribution in [0.15, 0.2) is 0 Å². The minimum absolute atomic E-state index is 0.163. The minimum atomic E-state index is 0.163.